The van der Waals surface area contributed by atoms with Gasteiger partial charge in [0.25, 0.3) is 5.91 Å². The molecule has 0 radical (unpaired) electrons. The Bertz CT molecular complexity index is 831. The van der Waals surface area contributed by atoms with Crippen molar-refractivity contribution in [2.45, 2.75) is 26.3 Å². The number of methoxy groups -OCH3 is 1. The summed E-state index contributed by atoms with van der Waals surface area (Å²) < 4.78 is 33.7. The number of ether oxygens (including phenoxy) is 2. The van der Waals surface area contributed by atoms with Gasteiger partial charge in [-0.25, -0.2) is 13.2 Å². The van der Waals surface area contributed by atoms with Crippen LogP contribution in [-0.4, -0.2) is 63.0 Å². The van der Waals surface area contributed by atoms with Crippen LogP contribution in [-0.2, 0) is 24.2 Å². The van der Waals surface area contributed by atoms with Gasteiger partial charge in [0.05, 0.1) is 18.6 Å². The topological polar surface area (TPSA) is 90.0 Å². The predicted molar refractivity (Wildman–Crippen MR) is 107 cm³/mol. The molecule has 1 aromatic rings. The fourth-order valence-electron chi connectivity index (χ4n) is 3.04. The lowest BCUT2D eigenvalue weighted by Gasteiger charge is -2.29. The molecular formula is C20H27NO6S. The van der Waals surface area contributed by atoms with E-state index in [1.165, 1.54) is 11.0 Å². The number of carbonyl (C=O) groups is 2. The Balaban J connectivity index is 1.93. The first-order valence-electron chi connectivity index (χ1n) is 9.19. The molecule has 0 aromatic heterocycles. The molecule has 1 heterocycles. The van der Waals surface area contributed by atoms with E-state index < -0.39 is 22.4 Å². The Hall–Kier alpha value is -2.35. The zero-order valence-corrected chi connectivity index (χ0v) is 17.3. The van der Waals surface area contributed by atoms with Gasteiger partial charge in [0.15, 0.2) is 16.4 Å². The van der Waals surface area contributed by atoms with E-state index in [9.17, 15) is 18.0 Å². The van der Waals surface area contributed by atoms with Crippen molar-refractivity contribution < 1.29 is 27.5 Å². The van der Waals surface area contributed by atoms with Gasteiger partial charge in [-0.2, -0.15) is 0 Å². The number of esters is 1. The molecule has 0 saturated carbocycles. The smallest absolute Gasteiger partial charge is 0.331 e. The maximum absolute atomic E-state index is 12.6. The Morgan fingerprint density at radius 3 is 2.68 bits per heavy atom. The van der Waals surface area contributed by atoms with Crippen molar-refractivity contribution in [3.63, 3.8) is 0 Å². The van der Waals surface area contributed by atoms with E-state index in [-0.39, 0.29) is 29.4 Å². The van der Waals surface area contributed by atoms with Crippen molar-refractivity contribution in [1.29, 1.82) is 0 Å². The molecule has 0 bridgehead atoms. The average Bonchev–Trinajstić information content (AvgIpc) is 3.02. The van der Waals surface area contributed by atoms with Gasteiger partial charge < -0.3 is 14.4 Å². The molecule has 0 spiro atoms. The maximum Gasteiger partial charge on any atom is 0.331 e. The highest BCUT2D eigenvalue weighted by Crippen LogP contribution is 2.19. The van der Waals surface area contributed by atoms with Crippen molar-refractivity contribution in [1.82, 2.24) is 4.90 Å². The number of rotatable bonds is 8. The molecule has 1 atom stereocenters. The Labute approximate surface area is 166 Å². The first-order chi connectivity index (χ1) is 13.2. The van der Waals surface area contributed by atoms with Crippen LogP contribution in [0.3, 0.4) is 0 Å². The van der Waals surface area contributed by atoms with Crippen LogP contribution in [0.25, 0.3) is 6.08 Å². The molecule has 2 rings (SSSR count). The summed E-state index contributed by atoms with van der Waals surface area (Å²) in [5.41, 5.74) is 0.764. The van der Waals surface area contributed by atoms with Crippen LogP contribution >= 0.6 is 0 Å². The second kappa shape index (κ2) is 9.73. The first kappa shape index (κ1) is 21.9. The summed E-state index contributed by atoms with van der Waals surface area (Å²) in [5.74, 6) is -0.117. The average molecular weight is 410 g/mol. The number of hydrogen-bond acceptors (Lipinski definition) is 6. The van der Waals surface area contributed by atoms with Crippen LogP contribution in [0.15, 0.2) is 30.3 Å². The molecule has 7 nitrogen and oxygen atoms in total. The SMILES string of the molecule is COc1cccc(/C=C/C(=O)OCC(=O)N(CC(C)C)[C@@H]2CCS(=O)(=O)C2)c1. The molecular weight excluding hydrogens is 382 g/mol. The van der Waals surface area contributed by atoms with Gasteiger partial charge in [0.1, 0.15) is 5.75 Å². The lowest BCUT2D eigenvalue weighted by Crippen LogP contribution is -2.45. The van der Waals surface area contributed by atoms with Crippen LogP contribution in [0, 0.1) is 5.92 Å². The van der Waals surface area contributed by atoms with E-state index in [0.717, 1.165) is 5.56 Å². The summed E-state index contributed by atoms with van der Waals surface area (Å²) in [6.45, 7) is 3.92. The molecule has 1 fully saturated rings. The summed E-state index contributed by atoms with van der Waals surface area (Å²) >= 11 is 0. The number of sulfone groups is 1. The van der Waals surface area contributed by atoms with E-state index in [1.807, 2.05) is 19.9 Å². The van der Waals surface area contributed by atoms with Crippen LogP contribution in [0.1, 0.15) is 25.8 Å². The van der Waals surface area contributed by atoms with Crippen LogP contribution < -0.4 is 4.74 Å². The van der Waals surface area contributed by atoms with Gasteiger partial charge >= 0.3 is 5.97 Å². The molecule has 1 aliphatic heterocycles. The number of hydrogen-bond donors (Lipinski definition) is 0. The normalized spacial score (nSPS) is 18.4. The fraction of sp³-hybridized carbons (Fsp3) is 0.500. The van der Waals surface area contributed by atoms with Crippen LogP contribution in [0.2, 0.25) is 0 Å². The van der Waals surface area contributed by atoms with E-state index in [1.54, 1.807) is 31.4 Å². The highest BCUT2D eigenvalue weighted by Gasteiger charge is 2.35. The third-order valence-electron chi connectivity index (χ3n) is 4.37. The fourth-order valence-corrected chi connectivity index (χ4v) is 4.77. The van der Waals surface area contributed by atoms with Gasteiger partial charge in [0, 0.05) is 18.7 Å². The summed E-state index contributed by atoms with van der Waals surface area (Å²) in [6.07, 6.45) is 3.24. The highest BCUT2D eigenvalue weighted by molar-refractivity contribution is 7.91. The van der Waals surface area contributed by atoms with Crippen molar-refractivity contribution >= 4 is 27.8 Å². The first-order valence-corrected chi connectivity index (χ1v) is 11.0. The quantitative estimate of drug-likeness (QED) is 0.481. The molecule has 8 heteroatoms. The van der Waals surface area contributed by atoms with Gasteiger partial charge in [-0.3, -0.25) is 4.79 Å². The molecule has 1 amide bonds. The minimum absolute atomic E-state index is 0.0326. The van der Waals surface area contributed by atoms with Crippen molar-refractivity contribution in [3.8, 4) is 5.75 Å². The number of amides is 1. The van der Waals surface area contributed by atoms with Crippen molar-refractivity contribution in [2.75, 3.05) is 31.8 Å². The monoisotopic (exact) mass is 409 g/mol. The van der Waals surface area contributed by atoms with Crippen LogP contribution in [0.5, 0.6) is 5.75 Å². The van der Waals surface area contributed by atoms with E-state index >= 15 is 0 Å². The number of benzene rings is 1. The number of nitrogens with zero attached hydrogens (tertiary/aromatic N) is 1. The van der Waals surface area contributed by atoms with Crippen molar-refractivity contribution in [2.24, 2.45) is 5.92 Å². The van der Waals surface area contributed by atoms with Gasteiger partial charge in [0.2, 0.25) is 0 Å². The maximum atomic E-state index is 12.6. The Kier molecular flexibility index (Phi) is 7.62. The second-order valence-electron chi connectivity index (χ2n) is 7.21. The van der Waals surface area contributed by atoms with Crippen molar-refractivity contribution in [3.05, 3.63) is 35.9 Å². The molecule has 0 unspecified atom stereocenters. The third kappa shape index (κ3) is 6.67. The standard InChI is InChI=1S/C20H27NO6S/c1-15(2)12-21(17-9-10-28(24,25)14-17)19(22)13-27-20(23)8-7-16-5-4-6-18(11-16)26-3/h4-8,11,15,17H,9-10,12-14H2,1-3H3/b8-7+/t17-/m1/s1. The molecule has 0 N–H and O–H groups in total. The molecule has 1 saturated heterocycles. The van der Waals surface area contributed by atoms with E-state index in [2.05, 4.69) is 0 Å². The van der Waals surface area contributed by atoms with Gasteiger partial charge in [-0.05, 0) is 36.1 Å². The molecule has 0 aliphatic carbocycles. The summed E-state index contributed by atoms with van der Waals surface area (Å²) in [6, 6.07) is 6.81. The summed E-state index contributed by atoms with van der Waals surface area (Å²) in [7, 11) is -1.55. The summed E-state index contributed by atoms with van der Waals surface area (Å²) in [5, 5.41) is 0. The highest BCUT2D eigenvalue weighted by atomic mass is 32.2. The zero-order chi connectivity index (χ0) is 20.7. The predicted octanol–water partition coefficient (Wildman–Crippen LogP) is 1.92. The van der Waals surface area contributed by atoms with E-state index in [0.29, 0.717) is 18.7 Å². The molecule has 28 heavy (non-hydrogen) atoms. The number of carbonyl (C=O) groups excluding carboxylic acids is 2. The zero-order valence-electron chi connectivity index (χ0n) is 16.5. The van der Waals surface area contributed by atoms with Crippen LogP contribution in [0.4, 0.5) is 0 Å². The minimum Gasteiger partial charge on any atom is -0.497 e. The molecule has 154 valence electrons. The molecule has 1 aromatic carbocycles. The van der Waals surface area contributed by atoms with Gasteiger partial charge in [-0.1, -0.05) is 26.0 Å². The third-order valence-corrected chi connectivity index (χ3v) is 6.13. The molecule has 1 aliphatic rings. The Morgan fingerprint density at radius 2 is 2.07 bits per heavy atom. The lowest BCUT2D eigenvalue weighted by atomic mass is 10.1. The van der Waals surface area contributed by atoms with E-state index in [4.69, 9.17) is 9.47 Å². The summed E-state index contributed by atoms with van der Waals surface area (Å²) in [4.78, 5) is 26.0. The van der Waals surface area contributed by atoms with Gasteiger partial charge in [-0.15, -0.1) is 0 Å². The minimum atomic E-state index is -3.11. The Morgan fingerprint density at radius 1 is 1.32 bits per heavy atom. The lowest BCUT2D eigenvalue weighted by molar-refractivity contribution is -0.149. The largest absolute Gasteiger partial charge is 0.497 e. The second-order valence-corrected chi connectivity index (χ2v) is 9.44.